The molecular formula is C10H11N3O4. The van der Waals surface area contributed by atoms with Crippen LogP contribution in [0.25, 0.3) is 0 Å². The van der Waals surface area contributed by atoms with Crippen LogP contribution in [0.4, 0.5) is 5.82 Å². The van der Waals surface area contributed by atoms with Gasteiger partial charge in [0, 0.05) is 13.8 Å². The Morgan fingerprint density at radius 2 is 1.65 bits per heavy atom. The van der Waals surface area contributed by atoms with E-state index in [4.69, 9.17) is 5.73 Å². The van der Waals surface area contributed by atoms with Gasteiger partial charge in [0.25, 0.3) is 0 Å². The maximum atomic E-state index is 11.5. The molecule has 7 nitrogen and oxygen atoms in total. The predicted octanol–water partition coefficient (Wildman–Crippen LogP) is -0.109. The van der Waals surface area contributed by atoms with E-state index in [0.717, 1.165) is 13.8 Å². The van der Waals surface area contributed by atoms with Crippen LogP contribution in [0.15, 0.2) is 4.79 Å². The SMILES string of the molecule is CC(=O)c1c(N)nc(=O)n(C(C)=O)c1C(C)=O. The maximum absolute atomic E-state index is 11.5. The fourth-order valence-electron chi connectivity index (χ4n) is 1.51. The van der Waals surface area contributed by atoms with Crippen LogP contribution >= 0.6 is 0 Å². The normalized spacial score (nSPS) is 10.1. The van der Waals surface area contributed by atoms with Gasteiger partial charge in [0.1, 0.15) is 11.5 Å². The molecule has 0 amide bonds. The molecule has 1 aromatic rings. The standard InChI is InChI=1S/C10H11N3O4/c1-4(14)7-8(5(2)15)13(6(3)16)10(17)12-9(7)11/h1-3H3,(H2,11,12,17). The van der Waals surface area contributed by atoms with E-state index in [0.29, 0.717) is 4.57 Å². The number of nitrogens with zero attached hydrogens (tertiary/aromatic N) is 2. The minimum atomic E-state index is -0.967. The van der Waals surface area contributed by atoms with Gasteiger partial charge in [0.15, 0.2) is 11.6 Å². The molecule has 2 N–H and O–H groups in total. The molecule has 17 heavy (non-hydrogen) atoms. The molecule has 0 saturated carbocycles. The van der Waals surface area contributed by atoms with Crippen LogP contribution in [-0.2, 0) is 0 Å². The molecular weight excluding hydrogens is 226 g/mol. The van der Waals surface area contributed by atoms with Gasteiger partial charge in [0.2, 0.25) is 5.91 Å². The minimum Gasteiger partial charge on any atom is -0.383 e. The highest BCUT2D eigenvalue weighted by Gasteiger charge is 2.23. The lowest BCUT2D eigenvalue weighted by atomic mass is 10.1. The third-order valence-electron chi connectivity index (χ3n) is 2.12. The van der Waals surface area contributed by atoms with Gasteiger partial charge in [-0.05, 0) is 6.92 Å². The Morgan fingerprint density at radius 3 is 2.00 bits per heavy atom. The van der Waals surface area contributed by atoms with Gasteiger partial charge in [-0.2, -0.15) is 4.98 Å². The van der Waals surface area contributed by atoms with Crippen molar-refractivity contribution in [1.29, 1.82) is 0 Å². The summed E-state index contributed by atoms with van der Waals surface area (Å²) in [5, 5.41) is 0. The second kappa shape index (κ2) is 4.28. The quantitative estimate of drug-likeness (QED) is 0.718. The molecule has 1 aromatic heterocycles. The van der Waals surface area contributed by atoms with Crippen molar-refractivity contribution in [2.75, 3.05) is 5.73 Å². The van der Waals surface area contributed by atoms with E-state index in [9.17, 15) is 19.2 Å². The van der Waals surface area contributed by atoms with Crippen molar-refractivity contribution >= 4 is 23.3 Å². The highest BCUT2D eigenvalue weighted by molar-refractivity contribution is 6.10. The smallest absolute Gasteiger partial charge is 0.356 e. The number of nitrogen functional groups attached to an aromatic ring is 1. The molecule has 0 spiro atoms. The molecule has 0 radical (unpaired) electrons. The average molecular weight is 237 g/mol. The lowest BCUT2D eigenvalue weighted by molar-refractivity contribution is 0.0897. The summed E-state index contributed by atoms with van der Waals surface area (Å²) in [6.45, 7) is 3.41. The lowest BCUT2D eigenvalue weighted by Crippen LogP contribution is -2.34. The van der Waals surface area contributed by atoms with Crippen molar-refractivity contribution in [3.05, 3.63) is 21.7 Å². The Hall–Kier alpha value is -2.31. The van der Waals surface area contributed by atoms with Crippen LogP contribution in [0, 0.1) is 0 Å². The van der Waals surface area contributed by atoms with Crippen LogP contribution in [0.1, 0.15) is 46.4 Å². The van der Waals surface area contributed by atoms with Crippen LogP contribution in [0.3, 0.4) is 0 Å². The number of aromatic nitrogens is 2. The molecule has 0 unspecified atom stereocenters. The second-order valence-corrected chi connectivity index (χ2v) is 3.47. The van der Waals surface area contributed by atoms with Crippen molar-refractivity contribution in [3.63, 3.8) is 0 Å². The first-order valence-electron chi connectivity index (χ1n) is 4.72. The molecule has 0 aliphatic carbocycles. The number of ketones is 2. The highest BCUT2D eigenvalue weighted by Crippen LogP contribution is 2.14. The fourth-order valence-corrected chi connectivity index (χ4v) is 1.51. The van der Waals surface area contributed by atoms with Crippen molar-refractivity contribution in [1.82, 2.24) is 9.55 Å². The van der Waals surface area contributed by atoms with Crippen molar-refractivity contribution in [2.45, 2.75) is 20.8 Å². The van der Waals surface area contributed by atoms with E-state index < -0.39 is 23.2 Å². The topological polar surface area (TPSA) is 112 Å². The Bertz CT molecular complexity index is 586. The summed E-state index contributed by atoms with van der Waals surface area (Å²) in [5.41, 5.74) is 3.94. The van der Waals surface area contributed by atoms with E-state index in [1.165, 1.54) is 6.92 Å². The largest absolute Gasteiger partial charge is 0.383 e. The van der Waals surface area contributed by atoms with Crippen molar-refractivity contribution in [2.24, 2.45) is 0 Å². The lowest BCUT2D eigenvalue weighted by Gasteiger charge is -2.11. The molecule has 1 rings (SSSR count). The van der Waals surface area contributed by atoms with Crippen molar-refractivity contribution in [3.8, 4) is 0 Å². The second-order valence-electron chi connectivity index (χ2n) is 3.47. The van der Waals surface area contributed by atoms with Gasteiger partial charge in [0.05, 0.1) is 5.56 Å². The van der Waals surface area contributed by atoms with Gasteiger partial charge in [-0.15, -0.1) is 0 Å². The monoisotopic (exact) mass is 237 g/mol. The van der Waals surface area contributed by atoms with Gasteiger partial charge in [-0.3, -0.25) is 14.4 Å². The number of hydrogen-bond acceptors (Lipinski definition) is 6. The maximum Gasteiger partial charge on any atom is 0.356 e. The summed E-state index contributed by atoms with van der Waals surface area (Å²) in [5.74, 6) is -2.17. The molecule has 0 aliphatic heterocycles. The molecule has 90 valence electrons. The number of hydrogen-bond donors (Lipinski definition) is 1. The number of carbonyl (C=O) groups is 3. The van der Waals surface area contributed by atoms with Gasteiger partial charge < -0.3 is 5.73 Å². The Balaban J connectivity index is 3.92. The van der Waals surface area contributed by atoms with E-state index in [1.54, 1.807) is 0 Å². The number of rotatable bonds is 2. The van der Waals surface area contributed by atoms with Crippen LogP contribution < -0.4 is 11.4 Å². The van der Waals surface area contributed by atoms with Crippen LogP contribution in [-0.4, -0.2) is 27.0 Å². The first kappa shape index (κ1) is 12.8. The third-order valence-corrected chi connectivity index (χ3v) is 2.12. The van der Waals surface area contributed by atoms with Crippen LogP contribution in [0.5, 0.6) is 0 Å². The molecule has 0 saturated heterocycles. The van der Waals surface area contributed by atoms with E-state index in [1.807, 2.05) is 0 Å². The highest BCUT2D eigenvalue weighted by atomic mass is 16.2. The zero-order chi connectivity index (χ0) is 13.3. The molecule has 7 heteroatoms. The zero-order valence-corrected chi connectivity index (χ0v) is 9.60. The summed E-state index contributed by atoms with van der Waals surface area (Å²) < 4.78 is 0.551. The molecule has 0 bridgehead atoms. The summed E-state index contributed by atoms with van der Waals surface area (Å²) in [6, 6.07) is 0. The number of nitrogens with two attached hydrogens (primary N) is 1. The third kappa shape index (κ3) is 2.12. The summed E-state index contributed by atoms with van der Waals surface area (Å²) in [7, 11) is 0. The number of Topliss-reactive ketones (excluding diaryl/α,β-unsaturated/α-hetero) is 2. The molecule has 0 fully saturated rings. The molecule has 0 aromatic carbocycles. The first-order valence-corrected chi connectivity index (χ1v) is 4.72. The average Bonchev–Trinajstić information content (AvgIpc) is 2.14. The molecule has 0 atom stereocenters. The first-order chi connectivity index (χ1) is 7.77. The minimum absolute atomic E-state index is 0.202. The van der Waals surface area contributed by atoms with Crippen molar-refractivity contribution < 1.29 is 14.4 Å². The number of anilines is 1. The van der Waals surface area contributed by atoms with E-state index in [-0.39, 0.29) is 17.1 Å². The summed E-state index contributed by atoms with van der Waals surface area (Å²) in [4.78, 5) is 48.9. The molecule has 0 aliphatic rings. The zero-order valence-electron chi connectivity index (χ0n) is 9.60. The molecule has 1 heterocycles. The summed E-state index contributed by atoms with van der Waals surface area (Å²) in [6.07, 6.45) is 0. The Labute approximate surface area is 96.3 Å². The Kier molecular flexibility index (Phi) is 3.21. The fraction of sp³-hybridized carbons (Fsp3) is 0.300. The van der Waals surface area contributed by atoms with Gasteiger partial charge in [-0.1, -0.05) is 0 Å². The summed E-state index contributed by atoms with van der Waals surface area (Å²) >= 11 is 0. The van der Waals surface area contributed by atoms with Gasteiger partial charge >= 0.3 is 5.69 Å². The van der Waals surface area contributed by atoms with Gasteiger partial charge in [-0.25, -0.2) is 9.36 Å². The number of carbonyl (C=O) groups excluding carboxylic acids is 3. The van der Waals surface area contributed by atoms with E-state index in [2.05, 4.69) is 4.98 Å². The van der Waals surface area contributed by atoms with E-state index >= 15 is 0 Å². The Morgan fingerprint density at radius 1 is 1.12 bits per heavy atom. The predicted molar refractivity (Wildman–Crippen MR) is 59.2 cm³/mol. The van der Waals surface area contributed by atoms with Crippen LogP contribution in [0.2, 0.25) is 0 Å².